The summed E-state index contributed by atoms with van der Waals surface area (Å²) in [7, 11) is 0. The van der Waals surface area contributed by atoms with Crippen molar-refractivity contribution in [2.24, 2.45) is 0 Å². The number of anilines is 1. The molecule has 16 heavy (non-hydrogen) atoms. The first-order chi connectivity index (χ1) is 7.43. The number of rotatable bonds is 2. The minimum Gasteiger partial charge on any atom is -0.380 e. The molecule has 2 aliphatic heterocycles. The van der Waals surface area contributed by atoms with Gasteiger partial charge in [-0.1, -0.05) is 12.1 Å². The average Bonchev–Trinajstić information content (AvgIpc) is 2.87. The molecule has 1 aromatic carbocycles. The molecule has 4 heteroatoms. The summed E-state index contributed by atoms with van der Waals surface area (Å²) in [5.74, 6) is 0. The number of nitrogens with one attached hydrogen (secondary N) is 2. The average molecular weight is 241 g/mol. The van der Waals surface area contributed by atoms with Crippen LogP contribution >= 0.6 is 12.4 Å². The van der Waals surface area contributed by atoms with Gasteiger partial charge < -0.3 is 15.4 Å². The maximum atomic E-state index is 5.37. The van der Waals surface area contributed by atoms with Crippen LogP contribution in [-0.4, -0.2) is 19.3 Å². The molecule has 0 radical (unpaired) electrons. The predicted octanol–water partition coefficient (Wildman–Crippen LogP) is 1.91. The standard InChI is InChI=1S/C12H16N2O.ClH/c1-2-9-6-13-7-11(9)12(3-1)14-10-4-5-15-8-10;/h1-3,10,13-14H,4-8H2;1H/t10-;/m1./s1. The molecule has 2 N–H and O–H groups in total. The van der Waals surface area contributed by atoms with E-state index in [1.54, 1.807) is 0 Å². The van der Waals surface area contributed by atoms with Crippen LogP contribution in [0.15, 0.2) is 18.2 Å². The smallest absolute Gasteiger partial charge is 0.0668 e. The SMILES string of the molecule is Cl.c1cc2c(c(N[C@@H]3CCOC3)c1)CNC2. The van der Waals surface area contributed by atoms with Crippen molar-refractivity contribution in [3.8, 4) is 0 Å². The van der Waals surface area contributed by atoms with Gasteiger partial charge in [0.25, 0.3) is 0 Å². The molecule has 0 bridgehead atoms. The topological polar surface area (TPSA) is 33.3 Å². The zero-order chi connectivity index (χ0) is 10.1. The van der Waals surface area contributed by atoms with Gasteiger partial charge in [0.2, 0.25) is 0 Å². The Labute approximate surface area is 102 Å². The van der Waals surface area contributed by atoms with Crippen molar-refractivity contribution < 1.29 is 4.74 Å². The van der Waals surface area contributed by atoms with Gasteiger partial charge in [0, 0.05) is 25.4 Å². The van der Waals surface area contributed by atoms with Gasteiger partial charge in [-0.3, -0.25) is 0 Å². The van der Waals surface area contributed by atoms with E-state index < -0.39 is 0 Å². The maximum Gasteiger partial charge on any atom is 0.0668 e. The second-order valence-corrected chi connectivity index (χ2v) is 4.25. The number of hydrogen-bond acceptors (Lipinski definition) is 3. The first kappa shape index (κ1) is 11.7. The lowest BCUT2D eigenvalue weighted by molar-refractivity contribution is 0.195. The molecule has 3 rings (SSSR count). The van der Waals surface area contributed by atoms with Gasteiger partial charge >= 0.3 is 0 Å². The summed E-state index contributed by atoms with van der Waals surface area (Å²) in [6.07, 6.45) is 1.12. The van der Waals surface area contributed by atoms with Gasteiger partial charge in [0.05, 0.1) is 12.6 Å². The Kier molecular flexibility index (Phi) is 3.69. The lowest BCUT2D eigenvalue weighted by atomic mass is 10.1. The van der Waals surface area contributed by atoms with Crippen molar-refractivity contribution in [2.45, 2.75) is 25.6 Å². The molecule has 1 fully saturated rings. The highest BCUT2D eigenvalue weighted by molar-refractivity contribution is 5.85. The first-order valence-electron chi connectivity index (χ1n) is 5.59. The van der Waals surface area contributed by atoms with Crippen LogP contribution in [0.4, 0.5) is 5.69 Å². The minimum absolute atomic E-state index is 0. The van der Waals surface area contributed by atoms with E-state index in [-0.39, 0.29) is 12.4 Å². The molecule has 1 aromatic rings. The largest absolute Gasteiger partial charge is 0.380 e. The molecule has 1 saturated heterocycles. The molecule has 0 spiro atoms. The quantitative estimate of drug-likeness (QED) is 0.829. The van der Waals surface area contributed by atoms with Crippen molar-refractivity contribution in [1.82, 2.24) is 5.32 Å². The molecule has 2 aliphatic rings. The van der Waals surface area contributed by atoms with Crippen molar-refractivity contribution in [3.05, 3.63) is 29.3 Å². The molecular weight excluding hydrogens is 224 g/mol. The molecule has 0 aliphatic carbocycles. The Balaban J connectivity index is 0.000000963. The Morgan fingerprint density at radius 3 is 3.06 bits per heavy atom. The van der Waals surface area contributed by atoms with E-state index in [4.69, 9.17) is 4.74 Å². The summed E-state index contributed by atoms with van der Waals surface area (Å²) >= 11 is 0. The fraction of sp³-hybridized carbons (Fsp3) is 0.500. The van der Waals surface area contributed by atoms with E-state index in [0.29, 0.717) is 6.04 Å². The Morgan fingerprint density at radius 2 is 2.25 bits per heavy atom. The summed E-state index contributed by atoms with van der Waals surface area (Å²) < 4.78 is 5.37. The number of benzene rings is 1. The maximum absolute atomic E-state index is 5.37. The van der Waals surface area contributed by atoms with Gasteiger partial charge in [-0.2, -0.15) is 0 Å². The fourth-order valence-electron chi connectivity index (χ4n) is 2.33. The van der Waals surface area contributed by atoms with Gasteiger partial charge in [-0.25, -0.2) is 0 Å². The highest BCUT2D eigenvalue weighted by atomic mass is 35.5. The van der Waals surface area contributed by atoms with Crippen LogP contribution in [0.3, 0.4) is 0 Å². The molecule has 3 nitrogen and oxygen atoms in total. The third kappa shape index (κ3) is 2.17. The van der Waals surface area contributed by atoms with Crippen molar-refractivity contribution in [2.75, 3.05) is 18.5 Å². The highest BCUT2D eigenvalue weighted by Crippen LogP contribution is 2.25. The fourth-order valence-corrected chi connectivity index (χ4v) is 2.33. The number of fused-ring (bicyclic) bond motifs is 1. The third-order valence-electron chi connectivity index (χ3n) is 3.18. The lowest BCUT2D eigenvalue weighted by Crippen LogP contribution is -2.19. The van der Waals surface area contributed by atoms with Crippen LogP contribution in [0, 0.1) is 0 Å². The summed E-state index contributed by atoms with van der Waals surface area (Å²) in [6.45, 7) is 3.74. The summed E-state index contributed by atoms with van der Waals surface area (Å²) in [5, 5.41) is 6.96. The normalized spacial score (nSPS) is 22.6. The van der Waals surface area contributed by atoms with E-state index in [2.05, 4.69) is 28.8 Å². The molecule has 0 amide bonds. The van der Waals surface area contributed by atoms with Gasteiger partial charge in [-0.15, -0.1) is 12.4 Å². The summed E-state index contributed by atoms with van der Waals surface area (Å²) in [4.78, 5) is 0. The second-order valence-electron chi connectivity index (χ2n) is 4.25. The Hall–Kier alpha value is -0.770. The number of ether oxygens (including phenoxy) is 1. The second kappa shape index (κ2) is 5.04. The number of hydrogen-bond donors (Lipinski definition) is 2. The van der Waals surface area contributed by atoms with E-state index in [1.165, 1.54) is 16.8 Å². The summed E-state index contributed by atoms with van der Waals surface area (Å²) in [6, 6.07) is 7.00. The van der Waals surface area contributed by atoms with Gasteiger partial charge in [0.1, 0.15) is 0 Å². The number of halogens is 1. The van der Waals surface area contributed by atoms with Gasteiger partial charge in [-0.05, 0) is 23.6 Å². The summed E-state index contributed by atoms with van der Waals surface area (Å²) in [5.41, 5.74) is 4.15. The van der Waals surface area contributed by atoms with Crippen LogP contribution in [0.5, 0.6) is 0 Å². The molecular formula is C12H17ClN2O. The van der Waals surface area contributed by atoms with E-state index >= 15 is 0 Å². The predicted molar refractivity (Wildman–Crippen MR) is 67.1 cm³/mol. The molecule has 0 unspecified atom stereocenters. The van der Waals surface area contributed by atoms with Crippen LogP contribution in [-0.2, 0) is 17.8 Å². The highest BCUT2D eigenvalue weighted by Gasteiger charge is 2.19. The third-order valence-corrected chi connectivity index (χ3v) is 3.18. The van der Waals surface area contributed by atoms with Crippen LogP contribution in [0.25, 0.3) is 0 Å². The first-order valence-corrected chi connectivity index (χ1v) is 5.59. The monoisotopic (exact) mass is 240 g/mol. The molecule has 0 saturated carbocycles. The zero-order valence-electron chi connectivity index (χ0n) is 9.16. The lowest BCUT2D eigenvalue weighted by Gasteiger charge is -2.15. The van der Waals surface area contributed by atoms with Crippen LogP contribution < -0.4 is 10.6 Å². The van der Waals surface area contributed by atoms with Crippen LogP contribution in [0.1, 0.15) is 17.5 Å². The molecule has 1 atom stereocenters. The van der Waals surface area contributed by atoms with Crippen molar-refractivity contribution in [1.29, 1.82) is 0 Å². The van der Waals surface area contributed by atoms with Crippen molar-refractivity contribution in [3.63, 3.8) is 0 Å². The van der Waals surface area contributed by atoms with E-state index in [1.807, 2.05) is 0 Å². The minimum atomic E-state index is 0. The van der Waals surface area contributed by atoms with E-state index in [0.717, 1.165) is 32.7 Å². The Bertz CT molecular complexity index is 364. The van der Waals surface area contributed by atoms with Gasteiger partial charge in [0.15, 0.2) is 0 Å². The van der Waals surface area contributed by atoms with Crippen LogP contribution in [0.2, 0.25) is 0 Å². The zero-order valence-corrected chi connectivity index (χ0v) is 9.98. The Morgan fingerprint density at radius 1 is 1.31 bits per heavy atom. The molecule has 2 heterocycles. The molecule has 88 valence electrons. The van der Waals surface area contributed by atoms with E-state index in [9.17, 15) is 0 Å². The van der Waals surface area contributed by atoms with Crippen molar-refractivity contribution >= 4 is 18.1 Å². The molecule has 0 aromatic heterocycles.